The maximum Gasteiger partial charge on any atom is 0.134 e. The number of nitrogens with zero attached hydrogens (tertiary/aromatic N) is 1. The Balaban J connectivity index is 2.29. The first kappa shape index (κ1) is 5.60. The summed E-state index contributed by atoms with van der Waals surface area (Å²) in [5.74, 6) is 0.595. The molecule has 0 aromatic rings. The lowest BCUT2D eigenvalue weighted by Gasteiger charge is -2.09. The second-order valence-corrected chi connectivity index (χ2v) is 2.41. The topological polar surface area (TPSA) is 21.6 Å². The Kier molecular flexibility index (Phi) is 1.51. The Morgan fingerprint density at radius 1 is 1.75 bits per heavy atom. The Morgan fingerprint density at radius 2 is 2.50 bits per heavy atom. The monoisotopic (exact) mass is 113 g/mol. The largest absolute Gasteiger partial charge is 0.392 e. The predicted octanol–water partition coefficient (Wildman–Crippen LogP) is 1.42. The van der Waals surface area contributed by atoms with Gasteiger partial charge in [0.05, 0.1) is 0 Å². The van der Waals surface area contributed by atoms with Gasteiger partial charge in [0, 0.05) is 12.6 Å². The third-order valence-electron chi connectivity index (χ3n) is 1.35. The summed E-state index contributed by atoms with van der Waals surface area (Å²) in [6.07, 6.45) is 3.15. The van der Waals surface area contributed by atoms with Gasteiger partial charge in [0.25, 0.3) is 0 Å². The van der Waals surface area contributed by atoms with E-state index in [1.807, 2.05) is 6.21 Å². The Morgan fingerprint density at radius 3 is 2.75 bits per heavy atom. The van der Waals surface area contributed by atoms with Gasteiger partial charge in [-0.2, -0.15) is 0 Å². The van der Waals surface area contributed by atoms with Crippen LogP contribution in [0.25, 0.3) is 0 Å². The molecule has 0 saturated heterocycles. The number of hydrogen-bond acceptors (Lipinski definition) is 2. The maximum absolute atomic E-state index is 4.98. The smallest absolute Gasteiger partial charge is 0.134 e. The van der Waals surface area contributed by atoms with Crippen molar-refractivity contribution in [3.8, 4) is 0 Å². The molecular formula is C6H11NO. The van der Waals surface area contributed by atoms with E-state index in [9.17, 15) is 0 Å². The first-order chi connectivity index (χ1) is 3.80. The first-order valence-electron chi connectivity index (χ1n) is 2.98. The molecule has 1 unspecified atom stereocenters. The highest BCUT2D eigenvalue weighted by atomic mass is 16.6. The van der Waals surface area contributed by atoms with Crippen molar-refractivity contribution in [3.05, 3.63) is 0 Å². The minimum atomic E-state index is 0.343. The molecule has 8 heavy (non-hydrogen) atoms. The van der Waals surface area contributed by atoms with Gasteiger partial charge in [-0.1, -0.05) is 19.0 Å². The van der Waals surface area contributed by atoms with Gasteiger partial charge in [0.1, 0.15) is 6.10 Å². The summed E-state index contributed by atoms with van der Waals surface area (Å²) in [4.78, 5) is 4.98. The van der Waals surface area contributed by atoms with E-state index in [1.165, 1.54) is 0 Å². The van der Waals surface area contributed by atoms with Crippen molar-refractivity contribution in [2.24, 2.45) is 11.1 Å². The average Bonchev–Trinajstić information content (AvgIpc) is 2.12. The Labute approximate surface area is 49.5 Å². The standard InChI is InChI=1S/C6H11NO/c1-5(2)6-3-4-7-8-6/h4-6H,3H2,1-2H3. The van der Waals surface area contributed by atoms with Crippen molar-refractivity contribution < 1.29 is 4.84 Å². The highest BCUT2D eigenvalue weighted by Crippen LogP contribution is 2.13. The molecule has 2 nitrogen and oxygen atoms in total. The highest BCUT2D eigenvalue weighted by Gasteiger charge is 2.16. The summed E-state index contributed by atoms with van der Waals surface area (Å²) in [6.45, 7) is 4.28. The van der Waals surface area contributed by atoms with Gasteiger partial charge in [-0.05, 0) is 5.92 Å². The maximum atomic E-state index is 4.98. The van der Waals surface area contributed by atoms with E-state index in [2.05, 4.69) is 19.0 Å². The highest BCUT2D eigenvalue weighted by molar-refractivity contribution is 5.58. The molecule has 0 bridgehead atoms. The molecule has 0 aromatic carbocycles. The molecule has 46 valence electrons. The van der Waals surface area contributed by atoms with Crippen LogP contribution in [-0.4, -0.2) is 12.3 Å². The molecule has 0 radical (unpaired) electrons. The van der Waals surface area contributed by atoms with E-state index in [1.54, 1.807) is 0 Å². The number of hydrogen-bond donors (Lipinski definition) is 0. The summed E-state index contributed by atoms with van der Waals surface area (Å²) >= 11 is 0. The van der Waals surface area contributed by atoms with Gasteiger partial charge in [-0.25, -0.2) is 0 Å². The van der Waals surface area contributed by atoms with Crippen molar-refractivity contribution in [1.29, 1.82) is 0 Å². The second-order valence-electron chi connectivity index (χ2n) is 2.41. The molecule has 0 aromatic heterocycles. The molecular weight excluding hydrogens is 102 g/mol. The molecule has 0 amide bonds. The number of oxime groups is 1. The van der Waals surface area contributed by atoms with Gasteiger partial charge in [-0.15, -0.1) is 0 Å². The minimum absolute atomic E-state index is 0.343. The molecule has 2 heteroatoms. The Bertz CT molecular complexity index is 90.7. The van der Waals surface area contributed by atoms with Crippen molar-refractivity contribution in [2.75, 3.05) is 0 Å². The van der Waals surface area contributed by atoms with E-state index < -0.39 is 0 Å². The lowest BCUT2D eigenvalue weighted by Crippen LogP contribution is -2.12. The van der Waals surface area contributed by atoms with Crippen molar-refractivity contribution in [1.82, 2.24) is 0 Å². The van der Waals surface area contributed by atoms with Crippen LogP contribution in [0.3, 0.4) is 0 Å². The minimum Gasteiger partial charge on any atom is -0.392 e. The van der Waals surface area contributed by atoms with Crippen LogP contribution in [-0.2, 0) is 4.84 Å². The van der Waals surface area contributed by atoms with E-state index >= 15 is 0 Å². The zero-order valence-electron chi connectivity index (χ0n) is 5.29. The van der Waals surface area contributed by atoms with Crippen LogP contribution in [0.2, 0.25) is 0 Å². The van der Waals surface area contributed by atoms with Crippen molar-refractivity contribution >= 4 is 6.21 Å². The van der Waals surface area contributed by atoms with Gasteiger partial charge >= 0.3 is 0 Å². The van der Waals surface area contributed by atoms with Crippen molar-refractivity contribution in [2.45, 2.75) is 26.4 Å². The molecule has 1 rings (SSSR count). The van der Waals surface area contributed by atoms with Gasteiger partial charge in [0.15, 0.2) is 0 Å². The van der Waals surface area contributed by atoms with Crippen LogP contribution < -0.4 is 0 Å². The summed E-state index contributed by atoms with van der Waals surface area (Å²) in [5, 5.41) is 3.66. The van der Waals surface area contributed by atoms with E-state index in [0.717, 1.165) is 6.42 Å². The van der Waals surface area contributed by atoms with Crippen LogP contribution in [0.15, 0.2) is 5.16 Å². The summed E-state index contributed by atoms with van der Waals surface area (Å²) < 4.78 is 0. The summed E-state index contributed by atoms with van der Waals surface area (Å²) in [7, 11) is 0. The van der Waals surface area contributed by atoms with Crippen molar-refractivity contribution in [3.63, 3.8) is 0 Å². The molecule has 0 fully saturated rings. The molecule has 0 aliphatic carbocycles. The molecule has 0 spiro atoms. The quantitative estimate of drug-likeness (QED) is 0.504. The van der Waals surface area contributed by atoms with E-state index in [0.29, 0.717) is 12.0 Å². The van der Waals surface area contributed by atoms with E-state index in [4.69, 9.17) is 4.84 Å². The van der Waals surface area contributed by atoms with Crippen LogP contribution in [0.1, 0.15) is 20.3 Å². The summed E-state index contributed by atoms with van der Waals surface area (Å²) in [5.41, 5.74) is 0. The van der Waals surface area contributed by atoms with Gasteiger partial charge in [0.2, 0.25) is 0 Å². The van der Waals surface area contributed by atoms with E-state index in [-0.39, 0.29) is 0 Å². The summed E-state index contributed by atoms with van der Waals surface area (Å²) in [6, 6.07) is 0. The molecule has 0 N–H and O–H groups in total. The molecule has 1 aliphatic rings. The van der Waals surface area contributed by atoms with Crippen LogP contribution in [0, 0.1) is 5.92 Å². The fourth-order valence-corrected chi connectivity index (χ4v) is 0.705. The SMILES string of the molecule is CC(C)C1CC=NO1. The molecule has 1 aliphatic heterocycles. The molecule has 0 saturated carbocycles. The predicted molar refractivity (Wildman–Crippen MR) is 32.8 cm³/mol. The van der Waals surface area contributed by atoms with Crippen LogP contribution >= 0.6 is 0 Å². The average molecular weight is 113 g/mol. The number of rotatable bonds is 1. The molecule has 1 atom stereocenters. The fourth-order valence-electron chi connectivity index (χ4n) is 0.705. The first-order valence-corrected chi connectivity index (χ1v) is 2.98. The van der Waals surface area contributed by atoms with Gasteiger partial charge in [-0.3, -0.25) is 0 Å². The second kappa shape index (κ2) is 2.16. The van der Waals surface area contributed by atoms with Crippen LogP contribution in [0.5, 0.6) is 0 Å². The van der Waals surface area contributed by atoms with Crippen LogP contribution in [0.4, 0.5) is 0 Å². The lowest BCUT2D eigenvalue weighted by atomic mass is 10.1. The zero-order valence-corrected chi connectivity index (χ0v) is 5.29. The molecule has 1 heterocycles. The normalized spacial score (nSPS) is 26.6. The zero-order chi connectivity index (χ0) is 5.98. The fraction of sp³-hybridized carbons (Fsp3) is 0.833. The van der Waals surface area contributed by atoms with Gasteiger partial charge < -0.3 is 4.84 Å². The Hall–Kier alpha value is -0.530. The third kappa shape index (κ3) is 0.997. The lowest BCUT2D eigenvalue weighted by molar-refractivity contribution is 0.0521. The third-order valence-corrected chi connectivity index (χ3v) is 1.35.